The minimum Gasteiger partial charge on any atom is -0.490 e. The number of hydrogen-bond acceptors (Lipinski definition) is 4. The first-order chi connectivity index (χ1) is 16.4. The van der Waals surface area contributed by atoms with Gasteiger partial charge < -0.3 is 19.3 Å². The highest BCUT2D eigenvalue weighted by Gasteiger charge is 2.42. The molecule has 2 aliphatic heterocycles. The number of benzene rings is 2. The van der Waals surface area contributed by atoms with E-state index in [1.807, 2.05) is 17.9 Å². The second-order valence-electron chi connectivity index (χ2n) is 9.06. The molecule has 0 N–H and O–H groups in total. The maximum Gasteiger partial charge on any atom is 0.257 e. The number of ether oxygens (including phenoxy) is 2. The number of likely N-dealkylation sites (tertiary alicyclic amines) is 1. The van der Waals surface area contributed by atoms with Crippen LogP contribution in [0.2, 0.25) is 5.02 Å². The van der Waals surface area contributed by atoms with Crippen molar-refractivity contribution in [3.05, 3.63) is 64.4 Å². The van der Waals surface area contributed by atoms with Crippen LogP contribution in [-0.2, 0) is 9.53 Å². The number of halogens is 2. The molecule has 1 atom stereocenters. The van der Waals surface area contributed by atoms with Crippen LogP contribution < -0.4 is 4.74 Å². The fraction of sp³-hybridized carbons (Fsp3) is 0.462. The molecule has 0 bridgehead atoms. The molecule has 2 aliphatic rings. The van der Waals surface area contributed by atoms with Crippen LogP contribution in [0.4, 0.5) is 4.39 Å². The van der Waals surface area contributed by atoms with E-state index in [0.29, 0.717) is 17.3 Å². The van der Waals surface area contributed by atoms with Gasteiger partial charge >= 0.3 is 0 Å². The predicted octanol–water partition coefficient (Wildman–Crippen LogP) is 4.48. The van der Waals surface area contributed by atoms with Gasteiger partial charge in [0.15, 0.2) is 0 Å². The summed E-state index contributed by atoms with van der Waals surface area (Å²) in [7, 11) is 0. The van der Waals surface area contributed by atoms with E-state index in [0.717, 1.165) is 37.9 Å². The Kier molecular flexibility index (Phi) is 7.73. The monoisotopic (exact) mass is 488 g/mol. The van der Waals surface area contributed by atoms with Gasteiger partial charge in [-0.3, -0.25) is 9.59 Å². The van der Waals surface area contributed by atoms with Gasteiger partial charge in [-0.05, 0) is 62.1 Å². The number of carbonyl (C=O) groups is 2. The largest absolute Gasteiger partial charge is 0.490 e. The molecular formula is C26H30ClFN2O4. The van der Waals surface area contributed by atoms with Crippen molar-refractivity contribution < 1.29 is 23.5 Å². The Hall–Kier alpha value is -2.64. The van der Waals surface area contributed by atoms with E-state index in [9.17, 15) is 14.0 Å². The Morgan fingerprint density at radius 1 is 1.09 bits per heavy atom. The number of amides is 2. The van der Waals surface area contributed by atoms with E-state index in [1.165, 1.54) is 12.1 Å². The van der Waals surface area contributed by atoms with Gasteiger partial charge in [0.2, 0.25) is 5.91 Å². The molecule has 0 spiro atoms. The van der Waals surface area contributed by atoms with Crippen LogP contribution in [0, 0.1) is 12.7 Å². The summed E-state index contributed by atoms with van der Waals surface area (Å²) in [6.45, 7) is 4.09. The number of morpholine rings is 1. The van der Waals surface area contributed by atoms with Crippen molar-refractivity contribution in [2.45, 2.75) is 38.2 Å². The highest BCUT2D eigenvalue weighted by molar-refractivity contribution is 6.31. The number of carbonyl (C=O) groups excluding carboxylic acids is 2. The van der Waals surface area contributed by atoms with E-state index >= 15 is 0 Å². The van der Waals surface area contributed by atoms with E-state index in [2.05, 4.69) is 0 Å². The van der Waals surface area contributed by atoms with E-state index in [1.54, 1.807) is 29.2 Å². The van der Waals surface area contributed by atoms with Gasteiger partial charge in [-0.15, -0.1) is 0 Å². The predicted molar refractivity (Wildman–Crippen MR) is 128 cm³/mol. The summed E-state index contributed by atoms with van der Waals surface area (Å²) >= 11 is 6.13. The molecule has 2 aromatic carbocycles. The lowest BCUT2D eigenvalue weighted by molar-refractivity contribution is -0.153. The van der Waals surface area contributed by atoms with Crippen LogP contribution in [0.5, 0.6) is 5.75 Å². The average molecular weight is 489 g/mol. The van der Waals surface area contributed by atoms with Crippen molar-refractivity contribution in [1.82, 2.24) is 9.80 Å². The van der Waals surface area contributed by atoms with E-state index in [-0.39, 0.29) is 37.6 Å². The van der Waals surface area contributed by atoms with Crippen LogP contribution in [0.3, 0.4) is 0 Å². The SMILES string of the molecule is Cc1cc(OC[C@@]2(CC(=O)N3CCCCC3)CN(C(=O)c3ccccc3F)CCO2)ccc1Cl. The second-order valence-corrected chi connectivity index (χ2v) is 9.46. The Labute approximate surface area is 204 Å². The third-order valence-corrected chi connectivity index (χ3v) is 6.88. The molecule has 8 heteroatoms. The molecular weight excluding hydrogens is 459 g/mol. The molecule has 2 amide bonds. The van der Waals surface area contributed by atoms with Gasteiger partial charge in [0.25, 0.3) is 5.91 Å². The van der Waals surface area contributed by atoms with E-state index in [4.69, 9.17) is 21.1 Å². The maximum atomic E-state index is 14.3. The zero-order valence-corrected chi connectivity index (χ0v) is 20.2. The van der Waals surface area contributed by atoms with Crippen molar-refractivity contribution in [2.75, 3.05) is 39.4 Å². The number of aryl methyl sites for hydroxylation is 1. The van der Waals surface area contributed by atoms with Crippen LogP contribution in [-0.4, -0.2) is 66.6 Å². The third kappa shape index (κ3) is 5.70. The van der Waals surface area contributed by atoms with Gasteiger partial charge in [0.1, 0.15) is 23.8 Å². The first kappa shape index (κ1) is 24.5. The van der Waals surface area contributed by atoms with Gasteiger partial charge in [-0.1, -0.05) is 23.7 Å². The minimum atomic E-state index is -1.04. The Morgan fingerprint density at radius 3 is 2.59 bits per heavy atom. The van der Waals surface area contributed by atoms with Gasteiger partial charge in [0, 0.05) is 24.7 Å². The standard InChI is InChI=1S/C26H30ClFN2O4/c1-19-15-20(9-10-22(19)27)33-18-26(16-24(31)29-11-5-2-6-12-29)17-30(13-14-34-26)25(32)21-7-3-4-8-23(21)28/h3-4,7-10,15H,2,5-6,11-14,16-18H2,1H3/t26-/m1/s1. The van der Waals surface area contributed by atoms with Crippen LogP contribution in [0.15, 0.2) is 42.5 Å². The molecule has 2 heterocycles. The lowest BCUT2D eigenvalue weighted by Crippen LogP contribution is -2.58. The van der Waals surface area contributed by atoms with Crippen molar-refractivity contribution in [3.63, 3.8) is 0 Å². The first-order valence-electron chi connectivity index (χ1n) is 11.7. The van der Waals surface area contributed by atoms with Gasteiger partial charge in [-0.25, -0.2) is 4.39 Å². The quantitative estimate of drug-likeness (QED) is 0.601. The summed E-state index contributed by atoms with van der Waals surface area (Å²) in [5, 5.41) is 0.637. The van der Waals surface area contributed by atoms with Crippen LogP contribution in [0.1, 0.15) is 41.6 Å². The summed E-state index contributed by atoms with van der Waals surface area (Å²) in [6, 6.07) is 11.3. The summed E-state index contributed by atoms with van der Waals surface area (Å²) < 4.78 is 26.5. The summed E-state index contributed by atoms with van der Waals surface area (Å²) in [6.07, 6.45) is 3.17. The van der Waals surface area contributed by atoms with Crippen LogP contribution >= 0.6 is 11.6 Å². The minimum absolute atomic E-state index is 0.00917. The van der Waals surface area contributed by atoms with Crippen molar-refractivity contribution in [1.29, 1.82) is 0 Å². The van der Waals surface area contributed by atoms with Gasteiger partial charge in [-0.2, -0.15) is 0 Å². The molecule has 2 fully saturated rings. The molecule has 4 rings (SSSR count). The summed E-state index contributed by atoms with van der Waals surface area (Å²) in [4.78, 5) is 29.7. The molecule has 0 aromatic heterocycles. The lowest BCUT2D eigenvalue weighted by Gasteiger charge is -2.43. The Morgan fingerprint density at radius 2 is 1.85 bits per heavy atom. The second kappa shape index (κ2) is 10.7. The fourth-order valence-electron chi connectivity index (χ4n) is 4.52. The number of hydrogen-bond donors (Lipinski definition) is 0. The molecule has 0 radical (unpaired) electrons. The zero-order valence-electron chi connectivity index (χ0n) is 19.4. The zero-order chi connectivity index (χ0) is 24.1. The third-order valence-electron chi connectivity index (χ3n) is 6.45. The number of rotatable bonds is 6. The molecule has 0 saturated carbocycles. The topological polar surface area (TPSA) is 59.1 Å². The maximum absolute atomic E-state index is 14.3. The van der Waals surface area contributed by atoms with Crippen molar-refractivity contribution >= 4 is 23.4 Å². The molecule has 34 heavy (non-hydrogen) atoms. The van der Waals surface area contributed by atoms with Crippen LogP contribution in [0.25, 0.3) is 0 Å². The molecule has 6 nitrogen and oxygen atoms in total. The molecule has 0 unspecified atom stereocenters. The average Bonchev–Trinajstić information content (AvgIpc) is 2.85. The highest BCUT2D eigenvalue weighted by atomic mass is 35.5. The number of piperidine rings is 1. The molecule has 2 saturated heterocycles. The van der Waals surface area contributed by atoms with Crippen molar-refractivity contribution in [3.8, 4) is 5.75 Å². The number of nitrogens with zero attached hydrogens (tertiary/aromatic N) is 2. The smallest absolute Gasteiger partial charge is 0.257 e. The molecule has 2 aromatic rings. The fourth-order valence-corrected chi connectivity index (χ4v) is 4.64. The van der Waals surface area contributed by atoms with E-state index < -0.39 is 17.3 Å². The molecule has 0 aliphatic carbocycles. The highest BCUT2D eigenvalue weighted by Crippen LogP contribution is 2.28. The van der Waals surface area contributed by atoms with Crippen molar-refractivity contribution in [2.24, 2.45) is 0 Å². The first-order valence-corrected chi connectivity index (χ1v) is 12.1. The normalized spacial score (nSPS) is 20.8. The lowest BCUT2D eigenvalue weighted by atomic mass is 9.95. The summed E-state index contributed by atoms with van der Waals surface area (Å²) in [5.74, 6) is -0.399. The Bertz CT molecular complexity index is 1040. The Balaban J connectivity index is 1.55. The van der Waals surface area contributed by atoms with Gasteiger partial charge in [0.05, 0.1) is 25.1 Å². The molecule has 182 valence electrons. The summed E-state index contributed by atoms with van der Waals surface area (Å²) in [5.41, 5.74) is -0.158.